The quantitative estimate of drug-likeness (QED) is 0.562. The smallest absolute Gasteiger partial charge is 0.239 e. The van der Waals surface area contributed by atoms with Crippen molar-refractivity contribution in [2.24, 2.45) is 0 Å². The molecule has 0 aliphatic heterocycles. The first-order valence-electron chi connectivity index (χ1n) is 4.83. The Hall–Kier alpha value is -2.41. The Kier molecular flexibility index (Phi) is 2.79. The van der Waals surface area contributed by atoms with Crippen molar-refractivity contribution in [3.8, 4) is 17.5 Å². The van der Waals surface area contributed by atoms with Crippen molar-refractivity contribution in [1.82, 2.24) is 9.97 Å². The van der Waals surface area contributed by atoms with E-state index in [-0.39, 0.29) is 0 Å². The summed E-state index contributed by atoms with van der Waals surface area (Å²) in [6.45, 7) is 0. The fraction of sp³-hybridized carbons (Fsp3) is 0.0833. The average Bonchev–Trinajstić information content (AvgIpc) is 2.39. The summed E-state index contributed by atoms with van der Waals surface area (Å²) >= 11 is 0. The second kappa shape index (κ2) is 4.41. The number of rotatable bonds is 2. The molecule has 4 heteroatoms. The molecule has 1 aromatic heterocycles. The van der Waals surface area contributed by atoms with Gasteiger partial charge in [-0.2, -0.15) is 5.26 Å². The Morgan fingerprint density at radius 2 is 1.94 bits per heavy atom. The van der Waals surface area contributed by atoms with Crippen molar-refractivity contribution in [1.29, 1.82) is 5.26 Å². The topological polar surface area (TPSA) is 52.8 Å². The molecule has 1 aromatic carbocycles. The molecule has 0 aliphatic rings. The molecule has 4 nitrogen and oxygen atoms in total. The fourth-order valence-electron chi connectivity index (χ4n) is 1.32. The van der Waals surface area contributed by atoms with Crippen LogP contribution in [0, 0.1) is 11.5 Å². The van der Waals surface area contributed by atoms with E-state index < -0.39 is 0 Å². The minimum absolute atomic E-state index is 0.406. The number of anilines is 1. The maximum atomic E-state index is 8.75. The molecular formula is C12H10N4. The van der Waals surface area contributed by atoms with Crippen LogP contribution in [0.2, 0.25) is 0 Å². The maximum Gasteiger partial charge on any atom is 0.239 e. The van der Waals surface area contributed by atoms with E-state index in [0.29, 0.717) is 5.95 Å². The highest BCUT2D eigenvalue weighted by Crippen LogP contribution is 2.17. The normalized spacial score (nSPS) is 9.50. The molecule has 0 N–H and O–H groups in total. The van der Waals surface area contributed by atoms with Crippen LogP contribution in [0.4, 0.5) is 5.95 Å². The van der Waals surface area contributed by atoms with Crippen LogP contribution in [-0.4, -0.2) is 17.0 Å². The highest BCUT2D eigenvalue weighted by Gasteiger charge is 2.04. The lowest BCUT2D eigenvalue weighted by atomic mass is 10.1. The molecular weight excluding hydrogens is 200 g/mol. The Labute approximate surface area is 93.8 Å². The number of nitriles is 1. The van der Waals surface area contributed by atoms with Crippen LogP contribution in [0.5, 0.6) is 0 Å². The van der Waals surface area contributed by atoms with Gasteiger partial charge < -0.3 is 0 Å². The number of hydrogen-bond donors (Lipinski definition) is 0. The molecule has 0 radical (unpaired) electrons. The van der Waals surface area contributed by atoms with Crippen molar-refractivity contribution in [3.05, 3.63) is 42.6 Å². The summed E-state index contributed by atoms with van der Waals surface area (Å²) in [5.74, 6) is 0.406. The summed E-state index contributed by atoms with van der Waals surface area (Å²) in [4.78, 5) is 9.66. The zero-order valence-corrected chi connectivity index (χ0v) is 8.83. The van der Waals surface area contributed by atoms with Crippen molar-refractivity contribution in [2.45, 2.75) is 0 Å². The minimum Gasteiger partial charge on any atom is -0.250 e. The van der Waals surface area contributed by atoms with Gasteiger partial charge in [0.25, 0.3) is 0 Å². The zero-order valence-electron chi connectivity index (χ0n) is 8.83. The van der Waals surface area contributed by atoms with E-state index in [4.69, 9.17) is 5.26 Å². The molecule has 0 unspecified atom stereocenters. The van der Waals surface area contributed by atoms with Gasteiger partial charge in [-0.3, -0.25) is 4.90 Å². The summed E-state index contributed by atoms with van der Waals surface area (Å²) in [6, 6.07) is 11.6. The van der Waals surface area contributed by atoms with Gasteiger partial charge in [0, 0.05) is 18.8 Å². The summed E-state index contributed by atoms with van der Waals surface area (Å²) in [6.07, 6.45) is 3.62. The van der Waals surface area contributed by atoms with Crippen LogP contribution < -0.4 is 4.90 Å². The lowest BCUT2D eigenvalue weighted by Gasteiger charge is -2.07. The predicted octanol–water partition coefficient (Wildman–Crippen LogP) is 2.06. The van der Waals surface area contributed by atoms with Gasteiger partial charge in [0.15, 0.2) is 6.19 Å². The predicted molar refractivity (Wildman–Crippen MR) is 61.5 cm³/mol. The largest absolute Gasteiger partial charge is 0.250 e. The molecule has 0 amide bonds. The van der Waals surface area contributed by atoms with Gasteiger partial charge in [-0.1, -0.05) is 30.3 Å². The monoisotopic (exact) mass is 210 g/mol. The average molecular weight is 210 g/mol. The van der Waals surface area contributed by atoms with Gasteiger partial charge in [0.05, 0.1) is 5.69 Å². The van der Waals surface area contributed by atoms with Gasteiger partial charge in [-0.25, -0.2) is 9.97 Å². The molecule has 2 aromatic rings. The Bertz CT molecular complexity index is 516. The lowest BCUT2D eigenvalue weighted by Crippen LogP contribution is -2.12. The molecule has 16 heavy (non-hydrogen) atoms. The molecule has 0 saturated heterocycles. The van der Waals surface area contributed by atoms with E-state index in [1.54, 1.807) is 13.2 Å². The van der Waals surface area contributed by atoms with E-state index in [9.17, 15) is 0 Å². The molecule has 2 rings (SSSR count). The summed E-state index contributed by atoms with van der Waals surface area (Å²) < 4.78 is 0. The van der Waals surface area contributed by atoms with E-state index in [2.05, 4.69) is 9.97 Å². The van der Waals surface area contributed by atoms with Crippen LogP contribution in [0.15, 0.2) is 42.6 Å². The number of aromatic nitrogens is 2. The molecule has 0 atom stereocenters. The second-order valence-corrected chi connectivity index (χ2v) is 3.27. The van der Waals surface area contributed by atoms with Crippen LogP contribution in [0.3, 0.4) is 0 Å². The third-order valence-corrected chi connectivity index (χ3v) is 2.16. The first-order valence-corrected chi connectivity index (χ1v) is 4.83. The van der Waals surface area contributed by atoms with Gasteiger partial charge in [0.1, 0.15) is 0 Å². The number of hydrogen-bond acceptors (Lipinski definition) is 4. The van der Waals surface area contributed by atoms with Gasteiger partial charge in [0.2, 0.25) is 5.95 Å². The zero-order chi connectivity index (χ0) is 11.4. The van der Waals surface area contributed by atoms with Crippen molar-refractivity contribution in [2.75, 3.05) is 11.9 Å². The Morgan fingerprint density at radius 1 is 1.19 bits per heavy atom. The van der Waals surface area contributed by atoms with Crippen molar-refractivity contribution >= 4 is 5.95 Å². The molecule has 0 spiro atoms. The third kappa shape index (κ3) is 1.98. The standard InChI is InChI=1S/C12H10N4/c1-16(9-13)12-14-8-7-11(15-12)10-5-3-2-4-6-10/h2-8H,1H3. The molecule has 0 aliphatic carbocycles. The fourth-order valence-corrected chi connectivity index (χ4v) is 1.32. The maximum absolute atomic E-state index is 8.75. The summed E-state index contributed by atoms with van der Waals surface area (Å²) in [5.41, 5.74) is 1.82. The highest BCUT2D eigenvalue weighted by molar-refractivity contribution is 5.60. The van der Waals surface area contributed by atoms with Gasteiger partial charge >= 0.3 is 0 Å². The molecule has 78 valence electrons. The SMILES string of the molecule is CN(C#N)c1nccc(-c2ccccc2)n1. The van der Waals surface area contributed by atoms with Gasteiger partial charge in [-0.05, 0) is 6.07 Å². The lowest BCUT2D eigenvalue weighted by molar-refractivity contribution is 1.05. The molecule has 0 fully saturated rings. The van der Waals surface area contributed by atoms with Crippen LogP contribution >= 0.6 is 0 Å². The minimum atomic E-state index is 0.406. The van der Waals surface area contributed by atoms with Crippen LogP contribution in [0.1, 0.15) is 0 Å². The van der Waals surface area contributed by atoms with Gasteiger partial charge in [-0.15, -0.1) is 0 Å². The first-order chi connectivity index (χ1) is 7.81. The summed E-state index contributed by atoms with van der Waals surface area (Å²) in [7, 11) is 1.63. The van der Waals surface area contributed by atoms with E-state index >= 15 is 0 Å². The highest BCUT2D eigenvalue weighted by atomic mass is 15.2. The second-order valence-electron chi connectivity index (χ2n) is 3.27. The molecule has 0 saturated carbocycles. The van der Waals surface area contributed by atoms with Crippen LogP contribution in [-0.2, 0) is 0 Å². The van der Waals surface area contributed by atoms with Crippen molar-refractivity contribution < 1.29 is 0 Å². The molecule has 0 bridgehead atoms. The van der Waals surface area contributed by atoms with Crippen LogP contribution in [0.25, 0.3) is 11.3 Å². The Morgan fingerprint density at radius 3 is 2.62 bits per heavy atom. The van der Waals surface area contributed by atoms with E-state index in [1.807, 2.05) is 42.6 Å². The van der Waals surface area contributed by atoms with E-state index in [1.165, 1.54) is 4.90 Å². The number of nitrogens with zero attached hydrogens (tertiary/aromatic N) is 4. The van der Waals surface area contributed by atoms with Crippen molar-refractivity contribution in [3.63, 3.8) is 0 Å². The number of benzene rings is 1. The first kappa shape index (κ1) is 10.1. The van der Waals surface area contributed by atoms with E-state index in [0.717, 1.165) is 11.3 Å². The third-order valence-electron chi connectivity index (χ3n) is 2.16. The molecule has 1 heterocycles. The Balaban J connectivity index is 2.41. The summed E-state index contributed by atoms with van der Waals surface area (Å²) in [5, 5.41) is 8.75.